The summed E-state index contributed by atoms with van der Waals surface area (Å²) in [5.74, 6) is -0.622. The molecule has 3 aromatic rings. The van der Waals surface area contributed by atoms with Gasteiger partial charge in [-0.15, -0.1) is 0 Å². The molecular weight excluding hydrogens is 424 g/mol. The van der Waals surface area contributed by atoms with Crippen molar-refractivity contribution in [1.82, 2.24) is 0 Å². The molecule has 0 saturated carbocycles. The number of hydrogen-bond acceptors (Lipinski definition) is 6. The molecule has 0 N–H and O–H groups in total. The third kappa shape index (κ3) is 2.78. The first-order valence-electron chi connectivity index (χ1n) is 10.1. The van der Waals surface area contributed by atoms with Crippen molar-refractivity contribution in [2.45, 2.75) is 0 Å². The number of nitrogens with zero attached hydrogens (tertiary/aromatic N) is 4. The van der Waals surface area contributed by atoms with Crippen LogP contribution in [-0.4, -0.2) is 11.6 Å². The summed E-state index contributed by atoms with van der Waals surface area (Å²) in [6.45, 7) is 0. The lowest BCUT2D eigenvalue weighted by atomic mass is 9.95. The Morgan fingerprint density at radius 2 is 0.853 bits per heavy atom. The third-order valence-corrected chi connectivity index (χ3v) is 5.97. The van der Waals surface area contributed by atoms with Crippen LogP contribution in [0.4, 0.5) is 0 Å². The summed E-state index contributed by atoms with van der Waals surface area (Å²) in [5, 5.41) is 37.8. The second kappa shape index (κ2) is 7.54. The van der Waals surface area contributed by atoms with Gasteiger partial charge in [-0.3, -0.25) is 9.59 Å². The molecule has 0 bridgehead atoms. The molecule has 5 rings (SSSR count). The molecule has 0 unspecified atom stereocenters. The topological polar surface area (TPSA) is 129 Å². The van der Waals surface area contributed by atoms with Crippen molar-refractivity contribution < 1.29 is 9.59 Å². The van der Waals surface area contributed by atoms with Gasteiger partial charge in [0.1, 0.15) is 12.1 Å². The maximum atomic E-state index is 13.0. The van der Waals surface area contributed by atoms with Crippen LogP contribution in [0.1, 0.15) is 54.1 Å². The summed E-state index contributed by atoms with van der Waals surface area (Å²) in [5.41, 5.74) is 4.10. The highest BCUT2D eigenvalue weighted by molar-refractivity contribution is 6.42. The van der Waals surface area contributed by atoms with Gasteiger partial charge in [-0.1, -0.05) is 24.3 Å². The van der Waals surface area contributed by atoms with Crippen LogP contribution < -0.4 is 0 Å². The van der Waals surface area contributed by atoms with Gasteiger partial charge < -0.3 is 0 Å². The average Bonchev–Trinajstić information content (AvgIpc) is 3.33. The van der Waals surface area contributed by atoms with Crippen LogP contribution in [-0.2, 0) is 0 Å². The van der Waals surface area contributed by atoms with E-state index in [2.05, 4.69) is 12.1 Å². The summed E-state index contributed by atoms with van der Waals surface area (Å²) in [4.78, 5) is 26.1. The van der Waals surface area contributed by atoms with Crippen LogP contribution in [0, 0.1) is 45.3 Å². The Labute approximate surface area is 194 Å². The lowest BCUT2D eigenvalue weighted by Crippen LogP contribution is -2.00. The fourth-order valence-electron chi connectivity index (χ4n) is 4.39. The normalized spacial score (nSPS) is 13.6. The van der Waals surface area contributed by atoms with Crippen LogP contribution in [0.2, 0.25) is 0 Å². The molecule has 34 heavy (non-hydrogen) atoms. The van der Waals surface area contributed by atoms with E-state index in [1.165, 1.54) is 24.3 Å². The highest BCUT2D eigenvalue weighted by Gasteiger charge is 2.33. The highest BCUT2D eigenvalue weighted by Crippen LogP contribution is 2.41. The molecule has 3 aromatic carbocycles. The van der Waals surface area contributed by atoms with E-state index in [1.807, 2.05) is 12.1 Å². The molecule has 0 heterocycles. The van der Waals surface area contributed by atoms with Gasteiger partial charge in [0, 0.05) is 33.4 Å². The minimum Gasteiger partial charge on any atom is -0.289 e. The van der Waals surface area contributed by atoms with E-state index in [0.717, 1.165) is 0 Å². The zero-order chi connectivity index (χ0) is 24.0. The van der Waals surface area contributed by atoms with E-state index < -0.39 is 0 Å². The predicted octanol–water partition coefficient (Wildman–Crippen LogP) is 4.69. The number of nitriles is 4. The van der Waals surface area contributed by atoms with Crippen LogP contribution >= 0.6 is 0 Å². The summed E-state index contributed by atoms with van der Waals surface area (Å²) >= 11 is 0. The van der Waals surface area contributed by atoms with Gasteiger partial charge in [-0.25, -0.2) is 0 Å². The molecule has 154 valence electrons. The molecule has 0 saturated heterocycles. The Hall–Kier alpha value is -5.56. The smallest absolute Gasteiger partial charge is 0.195 e. The second-order valence-corrected chi connectivity index (χ2v) is 7.70. The number of allylic oxidation sites excluding steroid dienone is 4. The van der Waals surface area contributed by atoms with Crippen molar-refractivity contribution in [2.75, 3.05) is 0 Å². The number of ketones is 2. The number of hydrogen-bond donors (Lipinski definition) is 0. The molecule has 6 nitrogen and oxygen atoms in total. The van der Waals surface area contributed by atoms with Gasteiger partial charge in [-0.2, -0.15) is 21.0 Å². The molecule has 2 aliphatic carbocycles. The van der Waals surface area contributed by atoms with Crippen molar-refractivity contribution in [3.8, 4) is 24.3 Å². The van der Waals surface area contributed by atoms with E-state index in [1.54, 1.807) is 36.4 Å². The number of benzene rings is 3. The molecule has 0 radical (unpaired) electrons. The number of fused-ring (bicyclic) bond motifs is 2. The summed E-state index contributed by atoms with van der Waals surface area (Å²) in [7, 11) is 0. The molecule has 0 atom stereocenters. The van der Waals surface area contributed by atoms with Crippen molar-refractivity contribution in [3.05, 3.63) is 105 Å². The molecule has 0 spiro atoms. The number of carbonyl (C=O) groups excluding carboxylic acids is 2. The lowest BCUT2D eigenvalue weighted by Gasteiger charge is -2.06. The number of Topliss-reactive ketones (excluding diaryl/α,β-unsaturated/α-hetero) is 2. The zero-order valence-electron chi connectivity index (χ0n) is 17.4. The van der Waals surface area contributed by atoms with Gasteiger partial charge in [0.15, 0.2) is 11.6 Å². The minimum absolute atomic E-state index is 0.190. The van der Waals surface area contributed by atoms with Crippen molar-refractivity contribution in [3.63, 3.8) is 0 Å². The van der Waals surface area contributed by atoms with Crippen LogP contribution in [0.5, 0.6) is 0 Å². The Morgan fingerprint density at radius 1 is 0.471 bits per heavy atom. The SMILES string of the molecule is N#CC1=C(c2ccc(C3=C(C#N)c4cc(C#N)ccc4C3=O)cc2)C(=O)c2ccc(C#N)cc21. The maximum Gasteiger partial charge on any atom is 0.195 e. The molecule has 0 amide bonds. The average molecular weight is 434 g/mol. The first-order valence-corrected chi connectivity index (χ1v) is 10.1. The van der Waals surface area contributed by atoms with Crippen LogP contribution in [0.25, 0.3) is 22.3 Å². The first kappa shape index (κ1) is 20.3. The van der Waals surface area contributed by atoms with E-state index in [-0.39, 0.29) is 33.9 Å². The van der Waals surface area contributed by atoms with E-state index in [9.17, 15) is 20.1 Å². The largest absolute Gasteiger partial charge is 0.289 e. The van der Waals surface area contributed by atoms with Crippen LogP contribution in [0.3, 0.4) is 0 Å². The number of carbonyl (C=O) groups is 2. The van der Waals surface area contributed by atoms with Gasteiger partial charge in [0.05, 0.1) is 34.4 Å². The lowest BCUT2D eigenvalue weighted by molar-refractivity contribution is 0.105. The molecule has 0 aliphatic heterocycles. The zero-order valence-corrected chi connectivity index (χ0v) is 17.4. The van der Waals surface area contributed by atoms with Gasteiger partial charge in [0.2, 0.25) is 0 Å². The molecule has 0 aromatic heterocycles. The van der Waals surface area contributed by atoms with Crippen molar-refractivity contribution >= 4 is 33.9 Å². The predicted molar refractivity (Wildman–Crippen MR) is 122 cm³/mol. The van der Waals surface area contributed by atoms with E-state index in [0.29, 0.717) is 44.5 Å². The quantitative estimate of drug-likeness (QED) is 0.575. The van der Waals surface area contributed by atoms with Gasteiger partial charge in [-0.05, 0) is 47.5 Å². The first-order chi connectivity index (χ1) is 16.5. The fourth-order valence-corrected chi connectivity index (χ4v) is 4.39. The minimum atomic E-state index is -0.311. The molecule has 0 fully saturated rings. The fraction of sp³-hybridized carbons (Fsp3) is 0. The monoisotopic (exact) mass is 434 g/mol. The maximum absolute atomic E-state index is 13.0. The number of rotatable bonds is 2. The summed E-state index contributed by atoms with van der Waals surface area (Å²) in [6.07, 6.45) is 0. The Kier molecular flexibility index (Phi) is 4.51. The van der Waals surface area contributed by atoms with Gasteiger partial charge in [0.25, 0.3) is 0 Å². The van der Waals surface area contributed by atoms with Crippen molar-refractivity contribution in [1.29, 1.82) is 21.0 Å². The second-order valence-electron chi connectivity index (χ2n) is 7.70. The van der Waals surface area contributed by atoms with E-state index >= 15 is 0 Å². The van der Waals surface area contributed by atoms with E-state index in [4.69, 9.17) is 10.5 Å². The standard InChI is InChI=1S/C28H10N4O2/c29-11-15-1-7-19-21(9-15)23(13-31)25(27(19)33)17-3-5-18(6-4-17)26-24(14-32)22-10-16(12-30)2-8-20(22)28(26)34/h1-10H. The van der Waals surface area contributed by atoms with Gasteiger partial charge >= 0.3 is 0 Å². The van der Waals surface area contributed by atoms with Crippen molar-refractivity contribution in [2.24, 2.45) is 0 Å². The third-order valence-electron chi connectivity index (χ3n) is 5.97. The summed E-state index contributed by atoms with van der Waals surface area (Å²) < 4.78 is 0. The highest BCUT2D eigenvalue weighted by atomic mass is 16.1. The molecule has 2 aliphatic rings. The van der Waals surface area contributed by atoms with Crippen LogP contribution in [0.15, 0.2) is 60.7 Å². The Bertz CT molecular complexity index is 1580. The molecule has 6 heteroatoms. The Balaban J connectivity index is 1.60. The molecular formula is C28H10N4O2. The summed E-state index contributed by atoms with van der Waals surface area (Å²) in [6, 6.07) is 24.0. The Morgan fingerprint density at radius 3 is 1.18 bits per heavy atom.